The Morgan fingerprint density at radius 2 is 2.07 bits per heavy atom. The van der Waals surface area contributed by atoms with Crippen LogP contribution in [0.2, 0.25) is 0 Å². The number of nitriles is 1. The van der Waals surface area contributed by atoms with E-state index in [0.29, 0.717) is 12.0 Å². The number of hydrogen-bond donors (Lipinski definition) is 0. The van der Waals surface area contributed by atoms with Gasteiger partial charge in [0, 0.05) is 5.56 Å². The van der Waals surface area contributed by atoms with Crippen LogP contribution in [0, 0.1) is 17.2 Å². The molecular weight excluding hydrogens is 174 g/mol. The normalized spacial score (nSPS) is 11.7. The molecule has 0 spiro atoms. The maximum absolute atomic E-state index is 11.7. The van der Waals surface area contributed by atoms with Gasteiger partial charge in [0.05, 0.1) is 6.07 Å². The lowest BCUT2D eigenvalue weighted by Gasteiger charge is -2.05. The highest BCUT2D eigenvalue weighted by Gasteiger charge is 2.17. The number of ketones is 1. The first kappa shape index (κ1) is 10.5. The van der Waals surface area contributed by atoms with Crippen LogP contribution in [0.3, 0.4) is 0 Å². The molecule has 0 saturated heterocycles. The average Bonchev–Trinajstić information content (AvgIpc) is 2.26. The molecule has 0 aliphatic carbocycles. The molecule has 0 fully saturated rings. The summed E-state index contributed by atoms with van der Waals surface area (Å²) < 4.78 is 0. The fourth-order valence-corrected chi connectivity index (χ4v) is 1.35. The molecule has 0 aromatic heterocycles. The maximum Gasteiger partial charge on any atom is 0.179 e. The van der Waals surface area contributed by atoms with E-state index < -0.39 is 5.92 Å². The Morgan fingerprint density at radius 1 is 1.43 bits per heavy atom. The Balaban J connectivity index is 2.80. The van der Waals surface area contributed by atoms with Gasteiger partial charge in [0.2, 0.25) is 0 Å². The van der Waals surface area contributed by atoms with Crippen LogP contribution in [0.25, 0.3) is 0 Å². The SMILES string of the molecule is CCCC(C#N)C(=O)c1ccccc1. The van der Waals surface area contributed by atoms with Crippen molar-refractivity contribution in [3.8, 4) is 6.07 Å². The largest absolute Gasteiger partial charge is 0.293 e. The molecule has 0 amide bonds. The van der Waals surface area contributed by atoms with Gasteiger partial charge in [-0.25, -0.2) is 0 Å². The third-order valence-corrected chi connectivity index (χ3v) is 2.11. The van der Waals surface area contributed by atoms with Gasteiger partial charge in [-0.15, -0.1) is 0 Å². The highest BCUT2D eigenvalue weighted by Crippen LogP contribution is 2.13. The third kappa shape index (κ3) is 2.43. The number of carbonyl (C=O) groups excluding carboxylic acids is 1. The van der Waals surface area contributed by atoms with Crippen molar-refractivity contribution in [3.63, 3.8) is 0 Å². The molecule has 1 unspecified atom stereocenters. The van der Waals surface area contributed by atoms with Crippen molar-refractivity contribution in [3.05, 3.63) is 35.9 Å². The van der Waals surface area contributed by atoms with Crippen LogP contribution >= 0.6 is 0 Å². The van der Waals surface area contributed by atoms with Crippen molar-refractivity contribution in [1.29, 1.82) is 5.26 Å². The molecule has 0 radical (unpaired) electrons. The van der Waals surface area contributed by atoms with E-state index in [4.69, 9.17) is 5.26 Å². The van der Waals surface area contributed by atoms with E-state index >= 15 is 0 Å². The molecule has 1 aromatic rings. The summed E-state index contributed by atoms with van der Waals surface area (Å²) in [6.07, 6.45) is 1.50. The van der Waals surface area contributed by atoms with Crippen LogP contribution in [0.4, 0.5) is 0 Å². The first-order valence-corrected chi connectivity index (χ1v) is 4.78. The summed E-state index contributed by atoms with van der Waals surface area (Å²) in [5.41, 5.74) is 0.632. The minimum Gasteiger partial charge on any atom is -0.293 e. The van der Waals surface area contributed by atoms with Gasteiger partial charge in [-0.05, 0) is 6.42 Å². The van der Waals surface area contributed by atoms with Crippen LogP contribution in [0.15, 0.2) is 30.3 Å². The molecule has 72 valence electrons. The minimum absolute atomic E-state index is 0.0602. The number of nitrogens with zero attached hydrogens (tertiary/aromatic N) is 1. The minimum atomic E-state index is -0.484. The number of benzene rings is 1. The van der Waals surface area contributed by atoms with Gasteiger partial charge in [-0.1, -0.05) is 43.7 Å². The van der Waals surface area contributed by atoms with Gasteiger partial charge in [-0.2, -0.15) is 5.26 Å². The second-order valence-corrected chi connectivity index (χ2v) is 3.20. The zero-order valence-corrected chi connectivity index (χ0v) is 8.23. The van der Waals surface area contributed by atoms with Crippen LogP contribution in [0.1, 0.15) is 30.1 Å². The molecule has 0 N–H and O–H groups in total. The fourth-order valence-electron chi connectivity index (χ4n) is 1.35. The van der Waals surface area contributed by atoms with Gasteiger partial charge >= 0.3 is 0 Å². The van der Waals surface area contributed by atoms with E-state index in [9.17, 15) is 4.79 Å². The number of carbonyl (C=O) groups is 1. The quantitative estimate of drug-likeness (QED) is 0.680. The molecule has 0 aliphatic rings. The van der Waals surface area contributed by atoms with E-state index in [-0.39, 0.29) is 5.78 Å². The van der Waals surface area contributed by atoms with Crippen LogP contribution in [0.5, 0.6) is 0 Å². The van der Waals surface area contributed by atoms with E-state index in [0.717, 1.165) is 6.42 Å². The Bertz CT molecular complexity index is 337. The van der Waals surface area contributed by atoms with Crippen molar-refractivity contribution in [2.45, 2.75) is 19.8 Å². The lowest BCUT2D eigenvalue weighted by Crippen LogP contribution is -2.12. The number of rotatable bonds is 4. The van der Waals surface area contributed by atoms with E-state index in [1.807, 2.05) is 25.1 Å². The van der Waals surface area contributed by atoms with Crippen molar-refractivity contribution in [2.24, 2.45) is 5.92 Å². The molecule has 1 atom stereocenters. The van der Waals surface area contributed by atoms with Gasteiger partial charge in [-0.3, -0.25) is 4.79 Å². The zero-order chi connectivity index (χ0) is 10.4. The first-order valence-electron chi connectivity index (χ1n) is 4.78. The molecule has 1 aromatic carbocycles. The van der Waals surface area contributed by atoms with Gasteiger partial charge in [0.15, 0.2) is 5.78 Å². The maximum atomic E-state index is 11.7. The Kier molecular flexibility index (Phi) is 3.87. The predicted octanol–water partition coefficient (Wildman–Crippen LogP) is 2.81. The summed E-state index contributed by atoms with van der Waals surface area (Å²) in [4.78, 5) is 11.7. The van der Waals surface area contributed by atoms with Gasteiger partial charge < -0.3 is 0 Å². The molecule has 0 saturated carbocycles. The number of Topliss-reactive ketones (excluding diaryl/α,β-unsaturated/α-hetero) is 1. The zero-order valence-electron chi connectivity index (χ0n) is 8.23. The predicted molar refractivity (Wildman–Crippen MR) is 54.8 cm³/mol. The summed E-state index contributed by atoms with van der Waals surface area (Å²) in [5.74, 6) is -0.544. The Labute approximate surface area is 84.2 Å². The van der Waals surface area contributed by atoms with Crippen LogP contribution < -0.4 is 0 Å². The van der Waals surface area contributed by atoms with E-state index in [2.05, 4.69) is 6.07 Å². The molecule has 14 heavy (non-hydrogen) atoms. The first-order chi connectivity index (χ1) is 6.79. The second-order valence-electron chi connectivity index (χ2n) is 3.20. The second kappa shape index (κ2) is 5.18. The molecule has 0 bridgehead atoms. The lowest BCUT2D eigenvalue weighted by molar-refractivity contribution is 0.0943. The van der Waals surface area contributed by atoms with Crippen molar-refractivity contribution >= 4 is 5.78 Å². The monoisotopic (exact) mass is 187 g/mol. The third-order valence-electron chi connectivity index (χ3n) is 2.11. The van der Waals surface area contributed by atoms with Gasteiger partial charge in [0.1, 0.15) is 5.92 Å². The molecule has 2 heteroatoms. The average molecular weight is 187 g/mol. The van der Waals surface area contributed by atoms with Crippen molar-refractivity contribution in [2.75, 3.05) is 0 Å². The summed E-state index contributed by atoms with van der Waals surface area (Å²) in [6, 6.07) is 11.0. The summed E-state index contributed by atoms with van der Waals surface area (Å²) in [6.45, 7) is 1.97. The van der Waals surface area contributed by atoms with Crippen LogP contribution in [-0.4, -0.2) is 5.78 Å². The summed E-state index contributed by atoms with van der Waals surface area (Å²) in [5, 5.41) is 8.82. The summed E-state index contributed by atoms with van der Waals surface area (Å²) in [7, 11) is 0. The van der Waals surface area contributed by atoms with E-state index in [1.54, 1.807) is 12.1 Å². The topological polar surface area (TPSA) is 40.9 Å². The van der Waals surface area contributed by atoms with Crippen molar-refractivity contribution in [1.82, 2.24) is 0 Å². The molecule has 0 aliphatic heterocycles. The highest BCUT2D eigenvalue weighted by molar-refractivity contribution is 5.99. The highest BCUT2D eigenvalue weighted by atomic mass is 16.1. The number of hydrogen-bond acceptors (Lipinski definition) is 2. The van der Waals surface area contributed by atoms with Crippen LogP contribution in [-0.2, 0) is 0 Å². The standard InChI is InChI=1S/C12H13NO/c1-2-6-11(9-13)12(14)10-7-4-3-5-8-10/h3-5,7-8,11H,2,6H2,1H3. The molecule has 2 nitrogen and oxygen atoms in total. The molecule has 1 rings (SSSR count). The Hall–Kier alpha value is -1.62. The lowest BCUT2D eigenvalue weighted by atomic mass is 9.95. The summed E-state index contributed by atoms with van der Waals surface area (Å²) >= 11 is 0. The molecular formula is C12H13NO. The van der Waals surface area contributed by atoms with Crippen molar-refractivity contribution < 1.29 is 4.79 Å². The fraction of sp³-hybridized carbons (Fsp3) is 0.333. The smallest absolute Gasteiger partial charge is 0.179 e. The van der Waals surface area contributed by atoms with Gasteiger partial charge in [0.25, 0.3) is 0 Å². The molecule has 0 heterocycles. The van der Waals surface area contributed by atoms with E-state index in [1.165, 1.54) is 0 Å². The Morgan fingerprint density at radius 3 is 2.57 bits per heavy atom.